The Morgan fingerprint density at radius 3 is 2.38 bits per heavy atom. The summed E-state index contributed by atoms with van der Waals surface area (Å²) in [5.41, 5.74) is 6.28. The van der Waals surface area contributed by atoms with E-state index in [9.17, 15) is 18.7 Å². The van der Waals surface area contributed by atoms with Gasteiger partial charge in [0.1, 0.15) is 11.6 Å². The second kappa shape index (κ2) is 11.1. The number of benzene rings is 1. The molecule has 1 aromatic carbocycles. The van der Waals surface area contributed by atoms with Gasteiger partial charge < -0.3 is 21.3 Å². The highest BCUT2D eigenvalue weighted by atomic mass is 19.1. The largest absolute Gasteiger partial charge is 0.481 e. The standard InChI is InChI=1S/C17H26F2N2O3/c18-13-7-12(8-14(19)10-13)9-15(20)16(22)11-21-6-4-2-1-3-5-17(23)24/h7-8,10,15-16,21-22H,1-6,9,11,20H2,(H,23,24)/t15-,16+/m0/s1. The van der Waals surface area contributed by atoms with Gasteiger partial charge in [0.15, 0.2) is 0 Å². The summed E-state index contributed by atoms with van der Waals surface area (Å²) in [6, 6.07) is 2.60. The fourth-order valence-corrected chi connectivity index (χ4v) is 2.42. The van der Waals surface area contributed by atoms with E-state index in [2.05, 4.69) is 5.32 Å². The Morgan fingerprint density at radius 2 is 1.75 bits per heavy atom. The minimum absolute atomic E-state index is 0.187. The zero-order valence-electron chi connectivity index (χ0n) is 13.7. The molecule has 1 aromatic rings. The number of carboxylic acid groups (broad SMARTS) is 1. The zero-order valence-corrected chi connectivity index (χ0v) is 13.7. The molecule has 0 bridgehead atoms. The van der Waals surface area contributed by atoms with Crippen molar-refractivity contribution in [2.45, 2.75) is 50.7 Å². The van der Waals surface area contributed by atoms with E-state index in [1.54, 1.807) is 0 Å². The lowest BCUT2D eigenvalue weighted by atomic mass is 10.0. The number of hydrogen-bond acceptors (Lipinski definition) is 4. The number of carboxylic acids is 1. The number of unbranched alkanes of at least 4 members (excludes halogenated alkanes) is 3. The maximum Gasteiger partial charge on any atom is 0.303 e. The molecule has 0 amide bonds. The lowest BCUT2D eigenvalue weighted by Gasteiger charge is -2.19. The van der Waals surface area contributed by atoms with Crippen LogP contribution in [0.2, 0.25) is 0 Å². The van der Waals surface area contributed by atoms with Crippen molar-refractivity contribution in [1.82, 2.24) is 5.32 Å². The molecular weight excluding hydrogens is 318 g/mol. The predicted octanol–water partition coefficient (Wildman–Crippen LogP) is 1.82. The van der Waals surface area contributed by atoms with Crippen LogP contribution in [0.15, 0.2) is 18.2 Å². The number of halogens is 2. The van der Waals surface area contributed by atoms with E-state index in [1.807, 2.05) is 0 Å². The molecule has 5 nitrogen and oxygen atoms in total. The van der Waals surface area contributed by atoms with Crippen molar-refractivity contribution in [3.8, 4) is 0 Å². The van der Waals surface area contributed by atoms with Crippen molar-refractivity contribution >= 4 is 5.97 Å². The minimum atomic E-state index is -0.816. The molecule has 5 N–H and O–H groups in total. The van der Waals surface area contributed by atoms with E-state index >= 15 is 0 Å². The summed E-state index contributed by atoms with van der Waals surface area (Å²) >= 11 is 0. The molecule has 0 aliphatic rings. The summed E-state index contributed by atoms with van der Waals surface area (Å²) in [5.74, 6) is -2.09. The van der Waals surface area contributed by atoms with Gasteiger partial charge >= 0.3 is 5.97 Å². The van der Waals surface area contributed by atoms with Gasteiger partial charge in [0.2, 0.25) is 0 Å². The second-order valence-electron chi connectivity index (χ2n) is 5.98. The molecule has 136 valence electrons. The topological polar surface area (TPSA) is 95.6 Å². The highest BCUT2D eigenvalue weighted by molar-refractivity contribution is 5.66. The smallest absolute Gasteiger partial charge is 0.303 e. The molecule has 0 aliphatic heterocycles. The first-order chi connectivity index (χ1) is 11.4. The molecule has 24 heavy (non-hydrogen) atoms. The van der Waals surface area contributed by atoms with Crippen LogP contribution in [0.5, 0.6) is 0 Å². The molecule has 0 saturated heterocycles. The molecule has 2 atom stereocenters. The van der Waals surface area contributed by atoms with Crippen molar-refractivity contribution in [3.05, 3.63) is 35.4 Å². The minimum Gasteiger partial charge on any atom is -0.481 e. The van der Waals surface area contributed by atoms with Crippen LogP contribution in [0.3, 0.4) is 0 Å². The molecule has 0 unspecified atom stereocenters. The third-order valence-corrected chi connectivity index (χ3v) is 3.74. The van der Waals surface area contributed by atoms with E-state index in [-0.39, 0.29) is 12.8 Å². The molecule has 0 radical (unpaired) electrons. The fourth-order valence-electron chi connectivity index (χ4n) is 2.42. The van der Waals surface area contributed by atoms with Crippen molar-refractivity contribution in [1.29, 1.82) is 0 Å². The Balaban J connectivity index is 2.15. The summed E-state index contributed by atoms with van der Waals surface area (Å²) in [5, 5.41) is 21.6. The molecule has 1 rings (SSSR count). The first-order valence-electron chi connectivity index (χ1n) is 8.19. The molecule has 0 aliphatic carbocycles. The van der Waals surface area contributed by atoms with E-state index in [1.165, 1.54) is 12.1 Å². The monoisotopic (exact) mass is 344 g/mol. The molecule has 0 heterocycles. The molecular formula is C17H26F2N2O3. The summed E-state index contributed by atoms with van der Waals surface area (Å²) in [6.45, 7) is 1.000. The highest BCUT2D eigenvalue weighted by Gasteiger charge is 2.15. The number of hydrogen-bond donors (Lipinski definition) is 4. The maximum atomic E-state index is 13.1. The number of aliphatic hydroxyl groups is 1. The van der Waals surface area contributed by atoms with E-state index in [0.717, 1.165) is 25.3 Å². The van der Waals surface area contributed by atoms with E-state index in [0.29, 0.717) is 25.1 Å². The summed E-state index contributed by atoms with van der Waals surface area (Å²) in [4.78, 5) is 10.3. The average molecular weight is 344 g/mol. The Kier molecular flexibility index (Phi) is 9.44. The number of carbonyl (C=O) groups is 1. The summed E-state index contributed by atoms with van der Waals surface area (Å²) in [7, 11) is 0. The SMILES string of the molecule is N[C@@H](Cc1cc(F)cc(F)c1)[C@H](O)CNCCCCCCC(=O)O. The molecule has 7 heteroatoms. The summed E-state index contributed by atoms with van der Waals surface area (Å²) in [6.07, 6.45) is 2.91. The average Bonchev–Trinajstić information content (AvgIpc) is 2.48. The number of nitrogens with two attached hydrogens (primary N) is 1. The fraction of sp³-hybridized carbons (Fsp3) is 0.588. The van der Waals surface area contributed by atoms with Gasteiger partial charge in [0.25, 0.3) is 0 Å². The molecule has 0 spiro atoms. The van der Waals surface area contributed by atoms with Crippen molar-refractivity contribution in [3.63, 3.8) is 0 Å². The van der Waals surface area contributed by atoms with Crippen molar-refractivity contribution in [2.75, 3.05) is 13.1 Å². The van der Waals surface area contributed by atoms with Gasteiger partial charge in [-0.2, -0.15) is 0 Å². The van der Waals surface area contributed by atoms with Crippen LogP contribution in [-0.2, 0) is 11.2 Å². The highest BCUT2D eigenvalue weighted by Crippen LogP contribution is 2.10. The number of aliphatic carboxylic acids is 1. The van der Waals surface area contributed by atoms with Gasteiger partial charge in [-0.25, -0.2) is 8.78 Å². The maximum absolute atomic E-state index is 13.1. The predicted molar refractivity (Wildman–Crippen MR) is 87.6 cm³/mol. The zero-order chi connectivity index (χ0) is 17.9. The van der Waals surface area contributed by atoms with Gasteiger partial charge in [-0.1, -0.05) is 12.8 Å². The Labute approximate surface area is 140 Å². The number of aliphatic hydroxyl groups excluding tert-OH is 1. The van der Waals surface area contributed by atoms with Crippen LogP contribution < -0.4 is 11.1 Å². The van der Waals surface area contributed by atoms with Crippen LogP contribution in [0, 0.1) is 11.6 Å². The molecule has 0 aromatic heterocycles. The lowest BCUT2D eigenvalue weighted by Crippen LogP contribution is -2.43. The van der Waals surface area contributed by atoms with Crippen molar-refractivity contribution in [2.24, 2.45) is 5.73 Å². The normalized spacial score (nSPS) is 13.7. The van der Waals surface area contributed by atoms with Crippen molar-refractivity contribution < 1.29 is 23.8 Å². The third kappa shape index (κ3) is 8.90. The van der Waals surface area contributed by atoms with Crippen LogP contribution in [0.25, 0.3) is 0 Å². The van der Waals surface area contributed by atoms with Crippen LogP contribution in [0.1, 0.15) is 37.7 Å². The van der Waals surface area contributed by atoms with Crippen LogP contribution >= 0.6 is 0 Å². The Hall–Kier alpha value is -1.57. The number of rotatable bonds is 12. The lowest BCUT2D eigenvalue weighted by molar-refractivity contribution is -0.137. The third-order valence-electron chi connectivity index (χ3n) is 3.74. The first-order valence-corrected chi connectivity index (χ1v) is 8.19. The summed E-state index contributed by atoms with van der Waals surface area (Å²) < 4.78 is 26.2. The second-order valence-corrected chi connectivity index (χ2v) is 5.98. The van der Waals surface area contributed by atoms with Crippen LogP contribution in [-0.4, -0.2) is 41.4 Å². The van der Waals surface area contributed by atoms with Gasteiger partial charge in [-0.05, 0) is 43.5 Å². The number of nitrogens with one attached hydrogen (secondary N) is 1. The van der Waals surface area contributed by atoms with Gasteiger partial charge in [-0.15, -0.1) is 0 Å². The van der Waals surface area contributed by atoms with Gasteiger partial charge in [0.05, 0.1) is 6.10 Å². The van der Waals surface area contributed by atoms with E-state index in [4.69, 9.17) is 10.8 Å². The van der Waals surface area contributed by atoms with Gasteiger partial charge in [-0.3, -0.25) is 4.79 Å². The molecule has 0 saturated carbocycles. The Morgan fingerprint density at radius 1 is 1.12 bits per heavy atom. The molecule has 0 fully saturated rings. The first kappa shape index (κ1) is 20.5. The van der Waals surface area contributed by atoms with Gasteiger partial charge in [0, 0.05) is 25.1 Å². The quantitative estimate of drug-likeness (QED) is 0.434. The van der Waals surface area contributed by atoms with Crippen LogP contribution in [0.4, 0.5) is 8.78 Å². The van der Waals surface area contributed by atoms with E-state index < -0.39 is 29.7 Å². The Bertz CT molecular complexity index is 494.